The molecule has 0 bridgehead atoms. The summed E-state index contributed by atoms with van der Waals surface area (Å²) >= 11 is 3.21. The summed E-state index contributed by atoms with van der Waals surface area (Å²) in [5.41, 5.74) is 2.32. The fourth-order valence-electron chi connectivity index (χ4n) is 2.41. The fourth-order valence-corrected chi connectivity index (χ4v) is 2.73. The number of aryl methyl sites for hydroxylation is 1. The van der Waals surface area contributed by atoms with Gasteiger partial charge in [-0.25, -0.2) is 0 Å². The van der Waals surface area contributed by atoms with Crippen molar-refractivity contribution >= 4 is 21.8 Å². The van der Waals surface area contributed by atoms with Gasteiger partial charge in [0.1, 0.15) is 11.9 Å². The van der Waals surface area contributed by atoms with E-state index in [9.17, 15) is 9.90 Å². The fraction of sp³-hybridized carbons (Fsp3) is 0.267. The Labute approximate surface area is 124 Å². The van der Waals surface area contributed by atoms with Crippen LogP contribution in [0.2, 0.25) is 0 Å². The second-order valence-electron chi connectivity index (χ2n) is 4.82. The third-order valence-electron chi connectivity index (χ3n) is 3.47. The van der Waals surface area contributed by atoms with Crippen LogP contribution >= 0.6 is 15.9 Å². The Balaban J connectivity index is 1.97. The van der Waals surface area contributed by atoms with Gasteiger partial charge in [0.25, 0.3) is 5.91 Å². The molecule has 1 atom stereocenters. The Bertz CT molecular complexity index is 650. The molecule has 5 heteroatoms. The van der Waals surface area contributed by atoms with Gasteiger partial charge in [-0.1, -0.05) is 12.1 Å². The summed E-state index contributed by atoms with van der Waals surface area (Å²) in [6, 6.07) is 8.95. The standard InChI is InChI=1S/C15H14BrNO3/c16-13-6-5-12(20-13)14(18)10-4-3-9-2-1-7-17-15(19)11(9)8-10/h3-6,8,14,18H,1-2,7H2,(H,17,19). The molecule has 104 valence electrons. The van der Waals surface area contributed by atoms with Gasteiger partial charge in [-0.05, 0) is 58.1 Å². The van der Waals surface area contributed by atoms with Crippen molar-refractivity contribution in [3.63, 3.8) is 0 Å². The molecule has 0 aliphatic carbocycles. The number of benzene rings is 1. The number of carbonyl (C=O) groups excluding carboxylic acids is 1. The number of amides is 1. The largest absolute Gasteiger partial charge is 0.451 e. The van der Waals surface area contributed by atoms with Crippen LogP contribution in [0.4, 0.5) is 0 Å². The number of furan rings is 1. The first-order valence-electron chi connectivity index (χ1n) is 6.49. The van der Waals surface area contributed by atoms with Crippen molar-refractivity contribution in [2.75, 3.05) is 6.54 Å². The maximum absolute atomic E-state index is 12.0. The number of fused-ring (bicyclic) bond motifs is 1. The molecule has 1 amide bonds. The number of aliphatic hydroxyl groups is 1. The summed E-state index contributed by atoms with van der Waals surface area (Å²) in [5.74, 6) is 0.373. The summed E-state index contributed by atoms with van der Waals surface area (Å²) in [5, 5.41) is 13.2. The Morgan fingerprint density at radius 1 is 1.30 bits per heavy atom. The van der Waals surface area contributed by atoms with E-state index in [-0.39, 0.29) is 5.91 Å². The molecular weight excluding hydrogens is 322 g/mol. The molecule has 2 N–H and O–H groups in total. The quantitative estimate of drug-likeness (QED) is 0.887. The van der Waals surface area contributed by atoms with E-state index in [2.05, 4.69) is 21.2 Å². The Hall–Kier alpha value is -1.59. The molecule has 1 aliphatic rings. The minimum atomic E-state index is -0.873. The van der Waals surface area contributed by atoms with Crippen molar-refractivity contribution in [1.29, 1.82) is 0 Å². The second-order valence-corrected chi connectivity index (χ2v) is 5.60. The average Bonchev–Trinajstić information content (AvgIpc) is 2.80. The third-order valence-corrected chi connectivity index (χ3v) is 3.89. The third kappa shape index (κ3) is 2.51. The van der Waals surface area contributed by atoms with Gasteiger partial charge in [-0.2, -0.15) is 0 Å². The van der Waals surface area contributed by atoms with Gasteiger partial charge in [0.15, 0.2) is 4.67 Å². The maximum Gasteiger partial charge on any atom is 0.251 e. The van der Waals surface area contributed by atoms with E-state index in [0.717, 1.165) is 18.4 Å². The highest BCUT2D eigenvalue weighted by molar-refractivity contribution is 9.10. The highest BCUT2D eigenvalue weighted by atomic mass is 79.9. The summed E-state index contributed by atoms with van der Waals surface area (Å²) in [6.07, 6.45) is 0.936. The zero-order valence-electron chi connectivity index (χ0n) is 10.7. The van der Waals surface area contributed by atoms with Crippen LogP contribution in [0.5, 0.6) is 0 Å². The lowest BCUT2D eigenvalue weighted by Gasteiger charge is -2.11. The topological polar surface area (TPSA) is 62.5 Å². The van der Waals surface area contributed by atoms with E-state index in [1.165, 1.54) is 0 Å². The van der Waals surface area contributed by atoms with Crippen LogP contribution in [0.25, 0.3) is 0 Å². The Kier molecular flexibility index (Phi) is 3.63. The van der Waals surface area contributed by atoms with E-state index >= 15 is 0 Å². The number of hydrogen-bond donors (Lipinski definition) is 2. The normalized spacial score (nSPS) is 16.2. The first-order valence-corrected chi connectivity index (χ1v) is 7.29. The molecule has 0 saturated heterocycles. The van der Waals surface area contributed by atoms with Gasteiger partial charge in [0.05, 0.1) is 0 Å². The lowest BCUT2D eigenvalue weighted by Crippen LogP contribution is -2.22. The minimum absolute atomic E-state index is 0.0767. The van der Waals surface area contributed by atoms with Crippen molar-refractivity contribution in [2.24, 2.45) is 0 Å². The first-order chi connectivity index (χ1) is 9.65. The van der Waals surface area contributed by atoms with Gasteiger partial charge in [-0.3, -0.25) is 4.79 Å². The molecule has 20 heavy (non-hydrogen) atoms. The van der Waals surface area contributed by atoms with E-state index < -0.39 is 6.10 Å². The number of hydrogen-bond acceptors (Lipinski definition) is 3. The second kappa shape index (κ2) is 5.42. The van der Waals surface area contributed by atoms with E-state index in [1.54, 1.807) is 18.2 Å². The van der Waals surface area contributed by atoms with Crippen molar-refractivity contribution in [1.82, 2.24) is 5.32 Å². The molecule has 3 rings (SSSR count). The van der Waals surface area contributed by atoms with Crippen LogP contribution in [0.1, 0.15) is 39.8 Å². The highest BCUT2D eigenvalue weighted by Crippen LogP contribution is 2.28. The number of nitrogens with one attached hydrogen (secondary N) is 1. The summed E-state index contributed by atoms with van der Waals surface area (Å²) in [6.45, 7) is 0.691. The number of aliphatic hydroxyl groups excluding tert-OH is 1. The van der Waals surface area contributed by atoms with E-state index in [4.69, 9.17) is 4.42 Å². The molecule has 0 radical (unpaired) electrons. The molecule has 1 aromatic carbocycles. The highest BCUT2D eigenvalue weighted by Gasteiger charge is 2.20. The molecule has 2 heterocycles. The molecule has 1 unspecified atom stereocenters. The lowest BCUT2D eigenvalue weighted by molar-refractivity contribution is 0.0955. The molecule has 0 saturated carbocycles. The first kappa shape index (κ1) is 13.4. The molecule has 1 aromatic heterocycles. The molecular formula is C15H14BrNO3. The van der Waals surface area contributed by atoms with E-state index in [0.29, 0.717) is 28.1 Å². The number of rotatable bonds is 2. The predicted octanol–water partition coefficient (Wildman–Crippen LogP) is 2.80. The van der Waals surface area contributed by atoms with Crippen molar-refractivity contribution in [2.45, 2.75) is 18.9 Å². The van der Waals surface area contributed by atoms with Crippen LogP contribution in [0.15, 0.2) is 39.4 Å². The molecule has 1 aliphatic heterocycles. The summed E-state index contributed by atoms with van der Waals surface area (Å²) in [4.78, 5) is 12.0. The summed E-state index contributed by atoms with van der Waals surface area (Å²) < 4.78 is 5.93. The van der Waals surface area contributed by atoms with Gasteiger partial charge < -0.3 is 14.8 Å². The van der Waals surface area contributed by atoms with Crippen LogP contribution in [0.3, 0.4) is 0 Å². The molecule has 2 aromatic rings. The predicted molar refractivity (Wildman–Crippen MR) is 77.6 cm³/mol. The Morgan fingerprint density at radius 3 is 2.90 bits per heavy atom. The van der Waals surface area contributed by atoms with Crippen LogP contribution in [-0.2, 0) is 6.42 Å². The molecule has 4 nitrogen and oxygen atoms in total. The van der Waals surface area contributed by atoms with Gasteiger partial charge >= 0.3 is 0 Å². The van der Waals surface area contributed by atoms with Crippen LogP contribution in [0, 0.1) is 0 Å². The zero-order valence-corrected chi connectivity index (χ0v) is 12.3. The molecule has 0 fully saturated rings. The Morgan fingerprint density at radius 2 is 2.15 bits per heavy atom. The van der Waals surface area contributed by atoms with Crippen LogP contribution in [-0.4, -0.2) is 17.6 Å². The monoisotopic (exact) mass is 335 g/mol. The van der Waals surface area contributed by atoms with Crippen molar-refractivity contribution < 1.29 is 14.3 Å². The van der Waals surface area contributed by atoms with Gasteiger partial charge in [0, 0.05) is 12.1 Å². The zero-order chi connectivity index (χ0) is 14.1. The maximum atomic E-state index is 12.0. The minimum Gasteiger partial charge on any atom is -0.451 e. The van der Waals surface area contributed by atoms with E-state index in [1.807, 2.05) is 12.1 Å². The number of halogens is 1. The number of carbonyl (C=O) groups is 1. The van der Waals surface area contributed by atoms with Crippen molar-refractivity contribution in [3.8, 4) is 0 Å². The lowest BCUT2D eigenvalue weighted by atomic mass is 9.97. The average molecular weight is 336 g/mol. The molecule has 0 spiro atoms. The smallest absolute Gasteiger partial charge is 0.251 e. The van der Waals surface area contributed by atoms with Gasteiger partial charge in [-0.15, -0.1) is 0 Å². The van der Waals surface area contributed by atoms with Gasteiger partial charge in [0.2, 0.25) is 0 Å². The van der Waals surface area contributed by atoms with Crippen molar-refractivity contribution in [3.05, 3.63) is 57.5 Å². The summed E-state index contributed by atoms with van der Waals surface area (Å²) in [7, 11) is 0. The SMILES string of the molecule is O=C1NCCCc2ccc(C(O)c3ccc(Br)o3)cc21. The van der Waals surface area contributed by atoms with Crippen LogP contribution < -0.4 is 5.32 Å².